The number of hydrogen-bond donors (Lipinski definition) is 1. The van der Waals surface area contributed by atoms with Gasteiger partial charge < -0.3 is 19.9 Å². The Balaban J connectivity index is 2.52. The maximum absolute atomic E-state index is 5.78. The Bertz CT molecular complexity index is 401. The summed E-state index contributed by atoms with van der Waals surface area (Å²) in [5, 5.41) is 0. The maximum atomic E-state index is 5.78. The average Bonchev–Trinajstić information content (AvgIpc) is 2.74. The van der Waals surface area contributed by atoms with Crippen LogP contribution in [0.3, 0.4) is 0 Å². The lowest BCUT2D eigenvalue weighted by Gasteiger charge is -2.25. The molecule has 2 rings (SSSR count). The summed E-state index contributed by atoms with van der Waals surface area (Å²) in [5.41, 5.74) is 6.68. The Labute approximate surface area is 95.3 Å². The van der Waals surface area contributed by atoms with Crippen LogP contribution in [0.2, 0.25) is 0 Å². The lowest BCUT2D eigenvalue weighted by molar-refractivity contribution is 0.174. The van der Waals surface area contributed by atoms with Crippen molar-refractivity contribution in [3.05, 3.63) is 17.7 Å². The Morgan fingerprint density at radius 2 is 1.94 bits per heavy atom. The molecule has 1 heterocycles. The molecule has 88 valence electrons. The van der Waals surface area contributed by atoms with E-state index in [0.717, 1.165) is 22.8 Å². The van der Waals surface area contributed by atoms with Crippen LogP contribution in [0.25, 0.3) is 0 Å². The minimum Gasteiger partial charge on any atom is -0.496 e. The SMILES string of the molecule is COc1cc2c(cc1C(C)(C)CN)OCO2. The molecule has 0 radical (unpaired) electrons. The van der Waals surface area contributed by atoms with Crippen molar-refractivity contribution in [2.45, 2.75) is 19.3 Å². The zero-order valence-corrected chi connectivity index (χ0v) is 9.87. The van der Waals surface area contributed by atoms with Crippen LogP contribution in [0.5, 0.6) is 17.2 Å². The summed E-state index contributed by atoms with van der Waals surface area (Å²) in [6.45, 7) is 4.97. The molecule has 0 spiro atoms. The molecule has 0 atom stereocenters. The Morgan fingerprint density at radius 1 is 1.31 bits per heavy atom. The highest BCUT2D eigenvalue weighted by Crippen LogP contribution is 2.42. The molecule has 0 bridgehead atoms. The first-order chi connectivity index (χ1) is 7.58. The molecule has 2 N–H and O–H groups in total. The molecule has 0 aromatic heterocycles. The second-order valence-electron chi connectivity index (χ2n) is 4.49. The van der Waals surface area contributed by atoms with Gasteiger partial charge in [-0.2, -0.15) is 0 Å². The summed E-state index contributed by atoms with van der Waals surface area (Å²) in [7, 11) is 1.65. The summed E-state index contributed by atoms with van der Waals surface area (Å²) >= 11 is 0. The van der Waals surface area contributed by atoms with Crippen LogP contribution < -0.4 is 19.9 Å². The van der Waals surface area contributed by atoms with E-state index in [4.69, 9.17) is 19.9 Å². The van der Waals surface area contributed by atoms with Crippen molar-refractivity contribution in [3.8, 4) is 17.2 Å². The number of methoxy groups -OCH3 is 1. The third-order valence-electron chi connectivity index (χ3n) is 2.93. The van der Waals surface area contributed by atoms with Crippen LogP contribution in [0, 0.1) is 0 Å². The molecule has 0 fully saturated rings. The first-order valence-electron chi connectivity index (χ1n) is 5.26. The molecule has 4 heteroatoms. The van der Waals surface area contributed by atoms with Gasteiger partial charge in [0.05, 0.1) is 7.11 Å². The summed E-state index contributed by atoms with van der Waals surface area (Å²) in [5.74, 6) is 2.28. The fourth-order valence-corrected chi connectivity index (χ4v) is 1.73. The highest BCUT2D eigenvalue weighted by Gasteiger charge is 2.27. The summed E-state index contributed by atoms with van der Waals surface area (Å²) in [6, 6.07) is 3.81. The molecule has 0 aliphatic carbocycles. The zero-order valence-electron chi connectivity index (χ0n) is 9.87. The monoisotopic (exact) mass is 223 g/mol. The van der Waals surface area contributed by atoms with E-state index in [1.165, 1.54) is 0 Å². The number of nitrogens with two attached hydrogens (primary N) is 1. The van der Waals surface area contributed by atoms with E-state index in [9.17, 15) is 0 Å². The lowest BCUT2D eigenvalue weighted by Crippen LogP contribution is -2.28. The molecule has 0 unspecified atom stereocenters. The highest BCUT2D eigenvalue weighted by atomic mass is 16.7. The van der Waals surface area contributed by atoms with Crippen molar-refractivity contribution in [2.24, 2.45) is 5.73 Å². The van der Waals surface area contributed by atoms with E-state index in [-0.39, 0.29) is 12.2 Å². The molecule has 0 saturated heterocycles. The predicted molar refractivity (Wildman–Crippen MR) is 61.2 cm³/mol. The highest BCUT2D eigenvalue weighted by molar-refractivity contribution is 5.54. The summed E-state index contributed by atoms with van der Waals surface area (Å²) in [6.07, 6.45) is 0. The average molecular weight is 223 g/mol. The second kappa shape index (κ2) is 3.87. The van der Waals surface area contributed by atoms with Gasteiger partial charge in [-0.1, -0.05) is 13.8 Å². The van der Waals surface area contributed by atoms with Crippen LogP contribution in [-0.2, 0) is 5.41 Å². The van der Waals surface area contributed by atoms with Gasteiger partial charge in [0.2, 0.25) is 6.79 Å². The van der Waals surface area contributed by atoms with Crippen molar-refractivity contribution < 1.29 is 14.2 Å². The minimum atomic E-state index is -0.147. The van der Waals surface area contributed by atoms with Crippen LogP contribution in [0.4, 0.5) is 0 Å². The molecule has 0 saturated carbocycles. The van der Waals surface area contributed by atoms with Gasteiger partial charge in [0.25, 0.3) is 0 Å². The third-order valence-corrected chi connectivity index (χ3v) is 2.93. The maximum Gasteiger partial charge on any atom is 0.231 e. The number of ether oxygens (including phenoxy) is 3. The number of fused-ring (bicyclic) bond motifs is 1. The van der Waals surface area contributed by atoms with E-state index in [1.54, 1.807) is 7.11 Å². The lowest BCUT2D eigenvalue weighted by atomic mass is 9.84. The second-order valence-corrected chi connectivity index (χ2v) is 4.49. The first-order valence-corrected chi connectivity index (χ1v) is 5.26. The van der Waals surface area contributed by atoms with Crippen molar-refractivity contribution in [2.75, 3.05) is 20.4 Å². The predicted octanol–water partition coefficient (Wildman–Crippen LogP) is 1.66. The molecule has 1 aromatic carbocycles. The third kappa shape index (κ3) is 1.69. The van der Waals surface area contributed by atoms with Crippen molar-refractivity contribution >= 4 is 0 Å². The molecule has 16 heavy (non-hydrogen) atoms. The van der Waals surface area contributed by atoms with Crippen molar-refractivity contribution in [1.29, 1.82) is 0 Å². The van der Waals surface area contributed by atoms with Gasteiger partial charge >= 0.3 is 0 Å². The summed E-state index contributed by atoms with van der Waals surface area (Å²) in [4.78, 5) is 0. The van der Waals surface area contributed by atoms with Crippen molar-refractivity contribution in [1.82, 2.24) is 0 Å². The minimum absolute atomic E-state index is 0.147. The smallest absolute Gasteiger partial charge is 0.231 e. The fraction of sp³-hybridized carbons (Fsp3) is 0.500. The van der Waals surface area contributed by atoms with Crippen molar-refractivity contribution in [3.63, 3.8) is 0 Å². The van der Waals surface area contributed by atoms with Crippen LogP contribution in [-0.4, -0.2) is 20.4 Å². The topological polar surface area (TPSA) is 53.7 Å². The molecule has 4 nitrogen and oxygen atoms in total. The quantitative estimate of drug-likeness (QED) is 0.846. The van der Waals surface area contributed by atoms with E-state index < -0.39 is 0 Å². The molecule has 1 aliphatic rings. The molecule has 0 amide bonds. The standard InChI is InChI=1S/C12H17NO3/c1-12(2,6-13)8-4-10-11(16-7-15-10)5-9(8)14-3/h4-5H,6-7,13H2,1-3H3. The molecule has 1 aliphatic heterocycles. The first kappa shape index (κ1) is 11.1. The largest absolute Gasteiger partial charge is 0.496 e. The number of benzene rings is 1. The normalized spacial score (nSPS) is 14.0. The Hall–Kier alpha value is -1.42. The van der Waals surface area contributed by atoms with E-state index >= 15 is 0 Å². The Morgan fingerprint density at radius 3 is 2.50 bits per heavy atom. The van der Waals surface area contributed by atoms with Crippen LogP contribution in [0.15, 0.2) is 12.1 Å². The van der Waals surface area contributed by atoms with Gasteiger partial charge in [0.1, 0.15) is 5.75 Å². The fourth-order valence-electron chi connectivity index (χ4n) is 1.73. The van der Waals surface area contributed by atoms with Crippen LogP contribution >= 0.6 is 0 Å². The number of rotatable bonds is 3. The van der Waals surface area contributed by atoms with E-state index in [0.29, 0.717) is 6.54 Å². The van der Waals surface area contributed by atoms with Gasteiger partial charge in [-0.25, -0.2) is 0 Å². The van der Waals surface area contributed by atoms with Gasteiger partial charge in [-0.05, 0) is 6.07 Å². The van der Waals surface area contributed by atoms with Crippen LogP contribution in [0.1, 0.15) is 19.4 Å². The van der Waals surface area contributed by atoms with E-state index in [1.807, 2.05) is 12.1 Å². The zero-order chi connectivity index (χ0) is 11.8. The molecule has 1 aromatic rings. The van der Waals surface area contributed by atoms with Gasteiger partial charge in [0, 0.05) is 23.6 Å². The van der Waals surface area contributed by atoms with E-state index in [2.05, 4.69) is 13.8 Å². The number of hydrogen-bond acceptors (Lipinski definition) is 4. The van der Waals surface area contributed by atoms with Gasteiger partial charge in [-0.15, -0.1) is 0 Å². The van der Waals surface area contributed by atoms with Gasteiger partial charge in [-0.3, -0.25) is 0 Å². The Kier molecular flexibility index (Phi) is 2.68. The summed E-state index contributed by atoms with van der Waals surface area (Å²) < 4.78 is 16.0. The van der Waals surface area contributed by atoms with Gasteiger partial charge in [0.15, 0.2) is 11.5 Å². The molecular weight excluding hydrogens is 206 g/mol. The molecular formula is C12H17NO3.